The van der Waals surface area contributed by atoms with E-state index in [9.17, 15) is 4.79 Å². The Morgan fingerprint density at radius 3 is 2.56 bits per heavy atom. The van der Waals surface area contributed by atoms with Crippen molar-refractivity contribution < 1.29 is 4.79 Å². The number of carbonyl (C=O) groups excluding carboxylic acids is 1. The van der Waals surface area contributed by atoms with Crippen molar-refractivity contribution in [3.63, 3.8) is 0 Å². The molecule has 1 fully saturated rings. The minimum absolute atomic E-state index is 0. The second kappa shape index (κ2) is 6.21. The number of carbonyl (C=O) groups is 1. The summed E-state index contributed by atoms with van der Waals surface area (Å²) in [7, 11) is 0. The van der Waals surface area contributed by atoms with E-state index in [1.54, 1.807) is 0 Å². The quantitative estimate of drug-likeness (QED) is 0.885. The fourth-order valence-electron chi connectivity index (χ4n) is 2.35. The van der Waals surface area contributed by atoms with Crippen LogP contribution in [0, 0.1) is 6.92 Å². The van der Waals surface area contributed by atoms with E-state index in [-0.39, 0.29) is 23.9 Å². The summed E-state index contributed by atoms with van der Waals surface area (Å²) in [5.74, 6) is 0.0985. The van der Waals surface area contributed by atoms with Crippen molar-refractivity contribution in [3.05, 3.63) is 29.8 Å². The maximum Gasteiger partial charge on any atom is 0.244 e. The number of hydrogen-bond donors (Lipinski definition) is 2. The minimum Gasteiger partial charge on any atom is -0.324 e. The van der Waals surface area contributed by atoms with E-state index in [0.717, 1.165) is 31.5 Å². The normalized spacial score (nSPS) is 22.3. The third-order valence-electron chi connectivity index (χ3n) is 3.59. The zero-order valence-corrected chi connectivity index (χ0v) is 11.8. The lowest BCUT2D eigenvalue weighted by atomic mass is 9.93. The van der Waals surface area contributed by atoms with Crippen LogP contribution in [-0.2, 0) is 4.79 Å². The molecule has 1 aliphatic heterocycles. The first-order valence-corrected chi connectivity index (χ1v) is 6.29. The van der Waals surface area contributed by atoms with Crippen LogP contribution < -0.4 is 10.6 Å². The molecule has 0 bridgehead atoms. The van der Waals surface area contributed by atoms with E-state index in [1.165, 1.54) is 5.56 Å². The molecule has 1 atom stereocenters. The molecule has 0 radical (unpaired) electrons. The van der Waals surface area contributed by atoms with Crippen molar-refractivity contribution >= 4 is 24.0 Å². The molecule has 1 saturated heterocycles. The number of halogens is 1. The van der Waals surface area contributed by atoms with Crippen molar-refractivity contribution in [2.45, 2.75) is 38.6 Å². The number of nitrogens with one attached hydrogen (secondary N) is 2. The molecule has 2 N–H and O–H groups in total. The predicted octanol–water partition coefficient (Wildman–Crippen LogP) is 2.89. The summed E-state index contributed by atoms with van der Waals surface area (Å²) in [5.41, 5.74) is 1.72. The van der Waals surface area contributed by atoms with Gasteiger partial charge in [0.2, 0.25) is 5.91 Å². The van der Waals surface area contributed by atoms with Crippen LogP contribution in [0.15, 0.2) is 24.3 Å². The Hall–Kier alpha value is -1.06. The fourth-order valence-corrected chi connectivity index (χ4v) is 2.35. The third-order valence-corrected chi connectivity index (χ3v) is 3.59. The summed E-state index contributed by atoms with van der Waals surface area (Å²) < 4.78 is 0. The van der Waals surface area contributed by atoms with Gasteiger partial charge in [0.05, 0.1) is 5.54 Å². The van der Waals surface area contributed by atoms with Gasteiger partial charge in [-0.15, -0.1) is 12.4 Å². The summed E-state index contributed by atoms with van der Waals surface area (Å²) in [6.45, 7) is 5.04. The number of rotatable bonds is 3. The van der Waals surface area contributed by atoms with E-state index in [4.69, 9.17) is 0 Å². The van der Waals surface area contributed by atoms with Crippen molar-refractivity contribution in [1.82, 2.24) is 5.32 Å². The van der Waals surface area contributed by atoms with Gasteiger partial charge >= 0.3 is 0 Å². The maximum atomic E-state index is 12.3. The number of hydrogen-bond acceptors (Lipinski definition) is 2. The van der Waals surface area contributed by atoms with Crippen LogP contribution >= 0.6 is 12.4 Å². The first-order chi connectivity index (χ1) is 8.16. The van der Waals surface area contributed by atoms with E-state index in [1.807, 2.05) is 31.2 Å². The summed E-state index contributed by atoms with van der Waals surface area (Å²) in [6, 6.07) is 7.92. The summed E-state index contributed by atoms with van der Waals surface area (Å²) in [4.78, 5) is 12.3. The van der Waals surface area contributed by atoms with Gasteiger partial charge in [-0.25, -0.2) is 0 Å². The van der Waals surface area contributed by atoms with Crippen molar-refractivity contribution in [2.75, 3.05) is 11.9 Å². The second-order valence-electron chi connectivity index (χ2n) is 4.79. The number of anilines is 1. The van der Waals surface area contributed by atoms with Crippen LogP contribution in [-0.4, -0.2) is 18.0 Å². The highest BCUT2D eigenvalue weighted by molar-refractivity contribution is 5.98. The van der Waals surface area contributed by atoms with Gasteiger partial charge in [0.15, 0.2) is 0 Å². The highest BCUT2D eigenvalue weighted by Gasteiger charge is 2.38. The van der Waals surface area contributed by atoms with Gasteiger partial charge in [0.25, 0.3) is 0 Å². The van der Waals surface area contributed by atoms with Gasteiger partial charge in [-0.05, 0) is 44.9 Å². The molecule has 1 heterocycles. The van der Waals surface area contributed by atoms with Crippen molar-refractivity contribution in [2.24, 2.45) is 0 Å². The first-order valence-electron chi connectivity index (χ1n) is 6.29. The Labute approximate surface area is 115 Å². The molecule has 1 amide bonds. The molecule has 1 unspecified atom stereocenters. The molecular weight excluding hydrogens is 248 g/mol. The Balaban J connectivity index is 0.00000162. The van der Waals surface area contributed by atoms with Crippen molar-refractivity contribution in [1.29, 1.82) is 0 Å². The lowest BCUT2D eigenvalue weighted by Crippen LogP contribution is -2.50. The topological polar surface area (TPSA) is 41.1 Å². The summed E-state index contributed by atoms with van der Waals surface area (Å²) in [6.07, 6.45) is 2.85. The molecule has 2 rings (SSSR count). The zero-order valence-electron chi connectivity index (χ0n) is 11.0. The SMILES string of the molecule is CCC1(C(=O)Nc2ccc(C)cc2)CCCN1.Cl. The van der Waals surface area contributed by atoms with E-state index in [0.29, 0.717) is 0 Å². The molecular formula is C14H21ClN2O. The Morgan fingerprint density at radius 1 is 1.39 bits per heavy atom. The van der Waals surface area contributed by atoms with Crippen LogP contribution in [0.2, 0.25) is 0 Å². The summed E-state index contributed by atoms with van der Waals surface area (Å²) >= 11 is 0. The molecule has 0 aliphatic carbocycles. The fraction of sp³-hybridized carbons (Fsp3) is 0.500. The van der Waals surface area contributed by atoms with Crippen LogP contribution in [0.3, 0.4) is 0 Å². The average Bonchev–Trinajstić information content (AvgIpc) is 2.82. The lowest BCUT2D eigenvalue weighted by Gasteiger charge is -2.26. The summed E-state index contributed by atoms with van der Waals surface area (Å²) in [5, 5.41) is 6.34. The average molecular weight is 269 g/mol. The van der Waals surface area contributed by atoms with E-state index < -0.39 is 0 Å². The Morgan fingerprint density at radius 2 is 2.06 bits per heavy atom. The molecule has 3 nitrogen and oxygen atoms in total. The molecule has 1 aromatic rings. The standard InChI is InChI=1S/C14H20N2O.ClH/c1-3-14(9-4-10-15-14)13(17)16-12-7-5-11(2)6-8-12;/h5-8,15H,3-4,9-10H2,1-2H3,(H,16,17);1H. The van der Waals surface area contributed by atoms with Gasteiger partial charge in [-0.1, -0.05) is 24.6 Å². The monoisotopic (exact) mass is 268 g/mol. The zero-order chi connectivity index (χ0) is 12.3. The predicted molar refractivity (Wildman–Crippen MR) is 77.3 cm³/mol. The molecule has 0 spiro atoms. The lowest BCUT2D eigenvalue weighted by molar-refractivity contribution is -0.122. The van der Waals surface area contributed by atoms with Crippen molar-refractivity contribution in [3.8, 4) is 0 Å². The van der Waals surface area contributed by atoms with E-state index >= 15 is 0 Å². The largest absolute Gasteiger partial charge is 0.324 e. The third kappa shape index (κ3) is 3.03. The van der Waals surface area contributed by atoms with E-state index in [2.05, 4.69) is 17.6 Å². The first kappa shape index (κ1) is 15.0. The highest BCUT2D eigenvalue weighted by atomic mass is 35.5. The Bertz CT molecular complexity index is 397. The molecule has 0 saturated carbocycles. The molecule has 4 heteroatoms. The minimum atomic E-state index is -0.356. The molecule has 100 valence electrons. The number of benzene rings is 1. The van der Waals surface area contributed by atoms with Gasteiger partial charge in [-0.2, -0.15) is 0 Å². The van der Waals surface area contributed by atoms with Gasteiger partial charge in [0.1, 0.15) is 0 Å². The maximum absolute atomic E-state index is 12.3. The van der Waals surface area contributed by atoms with Crippen LogP contribution in [0.4, 0.5) is 5.69 Å². The van der Waals surface area contributed by atoms with Crippen LogP contribution in [0.1, 0.15) is 31.7 Å². The van der Waals surface area contributed by atoms with Gasteiger partial charge < -0.3 is 10.6 Å². The van der Waals surface area contributed by atoms with Gasteiger partial charge in [-0.3, -0.25) is 4.79 Å². The second-order valence-corrected chi connectivity index (χ2v) is 4.79. The Kier molecular flexibility index (Phi) is 5.17. The van der Waals surface area contributed by atoms with Crippen LogP contribution in [0.5, 0.6) is 0 Å². The smallest absolute Gasteiger partial charge is 0.244 e. The van der Waals surface area contributed by atoms with Crippen LogP contribution in [0.25, 0.3) is 0 Å². The number of aryl methyl sites for hydroxylation is 1. The van der Waals surface area contributed by atoms with Gasteiger partial charge in [0, 0.05) is 5.69 Å². The molecule has 1 aromatic carbocycles. The number of amides is 1. The molecule has 18 heavy (non-hydrogen) atoms. The molecule has 1 aliphatic rings. The molecule has 0 aromatic heterocycles. The highest BCUT2D eigenvalue weighted by Crippen LogP contribution is 2.24.